The van der Waals surface area contributed by atoms with Gasteiger partial charge in [0.1, 0.15) is 6.04 Å². The molecule has 0 bridgehead atoms. The van der Waals surface area contributed by atoms with Crippen LogP contribution in [0.25, 0.3) is 0 Å². The molecule has 1 aromatic heterocycles. The van der Waals surface area contributed by atoms with Gasteiger partial charge in [-0.25, -0.2) is 0 Å². The van der Waals surface area contributed by atoms with Crippen LogP contribution in [0.4, 0.5) is 5.69 Å². The number of nitrogens with zero attached hydrogens (tertiary/aromatic N) is 4. The van der Waals surface area contributed by atoms with Gasteiger partial charge in [-0.1, -0.05) is 25.1 Å². The monoisotopic (exact) mass is 366 g/mol. The molecular formula is C21H26N4O2. The predicted octanol–water partition coefficient (Wildman–Crippen LogP) is 2.80. The van der Waals surface area contributed by atoms with Crippen molar-refractivity contribution in [1.29, 1.82) is 0 Å². The minimum Gasteiger partial charge on any atom is -0.331 e. The van der Waals surface area contributed by atoms with Crippen molar-refractivity contribution in [3.63, 3.8) is 0 Å². The second-order valence-corrected chi connectivity index (χ2v) is 7.42. The number of benzene rings is 1. The number of carbonyl (C=O) groups excluding carboxylic acids is 2. The van der Waals surface area contributed by atoms with Crippen LogP contribution >= 0.6 is 0 Å². The maximum absolute atomic E-state index is 13.5. The fraction of sp³-hybridized carbons (Fsp3) is 0.476. The summed E-state index contributed by atoms with van der Waals surface area (Å²) in [5, 5.41) is 4.39. The van der Waals surface area contributed by atoms with Crippen molar-refractivity contribution in [3.05, 3.63) is 48.3 Å². The molecule has 6 heteroatoms. The zero-order valence-electron chi connectivity index (χ0n) is 15.8. The van der Waals surface area contributed by atoms with E-state index < -0.39 is 0 Å². The summed E-state index contributed by atoms with van der Waals surface area (Å²) < 4.78 is 1.94. The van der Waals surface area contributed by atoms with Crippen LogP contribution in [0.5, 0.6) is 0 Å². The van der Waals surface area contributed by atoms with Gasteiger partial charge in [-0.2, -0.15) is 5.10 Å². The van der Waals surface area contributed by atoms with E-state index >= 15 is 0 Å². The first-order valence-corrected chi connectivity index (χ1v) is 9.87. The average Bonchev–Trinajstić information content (AvgIpc) is 3.38. The molecule has 1 saturated heterocycles. The van der Waals surface area contributed by atoms with Crippen molar-refractivity contribution in [2.75, 3.05) is 18.0 Å². The maximum Gasteiger partial charge on any atom is 0.249 e. The number of rotatable bonds is 4. The molecule has 0 radical (unpaired) electrons. The lowest BCUT2D eigenvalue weighted by atomic mass is 9.97. The van der Waals surface area contributed by atoms with Crippen molar-refractivity contribution in [2.45, 2.75) is 51.1 Å². The zero-order chi connectivity index (χ0) is 18.8. The summed E-state index contributed by atoms with van der Waals surface area (Å²) in [6.45, 7) is 3.28. The van der Waals surface area contributed by atoms with Gasteiger partial charge < -0.3 is 9.80 Å². The Morgan fingerprint density at radius 3 is 2.85 bits per heavy atom. The van der Waals surface area contributed by atoms with Crippen molar-refractivity contribution in [1.82, 2.24) is 14.7 Å². The quantitative estimate of drug-likeness (QED) is 0.836. The van der Waals surface area contributed by atoms with Gasteiger partial charge in [0.2, 0.25) is 11.8 Å². The van der Waals surface area contributed by atoms with E-state index in [1.165, 1.54) is 0 Å². The summed E-state index contributed by atoms with van der Waals surface area (Å²) in [7, 11) is 0. The number of fused-ring (bicyclic) bond motifs is 1. The van der Waals surface area contributed by atoms with E-state index in [4.69, 9.17) is 0 Å². The fourth-order valence-corrected chi connectivity index (χ4v) is 4.32. The summed E-state index contributed by atoms with van der Waals surface area (Å²) in [4.78, 5) is 29.7. The van der Waals surface area contributed by atoms with Gasteiger partial charge in [-0.3, -0.25) is 14.3 Å². The minimum atomic E-state index is -0.339. The van der Waals surface area contributed by atoms with E-state index in [9.17, 15) is 9.59 Å². The van der Waals surface area contributed by atoms with E-state index in [2.05, 4.69) is 11.2 Å². The van der Waals surface area contributed by atoms with Crippen molar-refractivity contribution >= 4 is 17.5 Å². The minimum absolute atomic E-state index is 0.0428. The molecule has 0 spiro atoms. The smallest absolute Gasteiger partial charge is 0.249 e. The SMILES string of the molecule is CCCC(=O)N1CCCC1C(=O)N1CC(n2cccn2)Cc2ccccc21. The van der Waals surface area contributed by atoms with Crippen molar-refractivity contribution in [3.8, 4) is 0 Å². The fourth-order valence-electron chi connectivity index (χ4n) is 4.32. The summed E-state index contributed by atoms with van der Waals surface area (Å²) in [5.41, 5.74) is 2.13. The van der Waals surface area contributed by atoms with Crippen LogP contribution in [-0.4, -0.2) is 45.6 Å². The third-order valence-corrected chi connectivity index (χ3v) is 5.62. The molecule has 2 aliphatic rings. The van der Waals surface area contributed by atoms with E-state index in [1.54, 1.807) is 11.1 Å². The molecule has 6 nitrogen and oxygen atoms in total. The van der Waals surface area contributed by atoms with E-state index in [-0.39, 0.29) is 23.9 Å². The van der Waals surface area contributed by atoms with E-state index in [0.717, 1.165) is 36.9 Å². The number of hydrogen-bond donors (Lipinski definition) is 0. The Kier molecular flexibility index (Phi) is 4.97. The number of likely N-dealkylation sites (tertiary alicyclic amines) is 1. The van der Waals surface area contributed by atoms with Gasteiger partial charge in [0.25, 0.3) is 0 Å². The summed E-state index contributed by atoms with van der Waals surface area (Å²) in [5.74, 6) is 0.142. The van der Waals surface area contributed by atoms with Crippen LogP contribution in [0, 0.1) is 0 Å². The molecule has 2 amide bonds. The summed E-state index contributed by atoms with van der Waals surface area (Å²) in [6.07, 6.45) is 7.54. The summed E-state index contributed by atoms with van der Waals surface area (Å²) >= 11 is 0. The molecule has 0 aliphatic carbocycles. The van der Waals surface area contributed by atoms with Gasteiger partial charge in [0, 0.05) is 37.6 Å². The number of amides is 2. The van der Waals surface area contributed by atoms with Gasteiger partial charge in [0.05, 0.1) is 6.04 Å². The lowest BCUT2D eigenvalue weighted by Gasteiger charge is -2.37. The van der Waals surface area contributed by atoms with Crippen LogP contribution in [0.2, 0.25) is 0 Å². The number of para-hydroxylation sites is 1. The first-order valence-electron chi connectivity index (χ1n) is 9.87. The Balaban J connectivity index is 1.62. The molecule has 2 aliphatic heterocycles. The standard InChI is InChI=1S/C21H26N4O2/c1-2-7-20(26)23-12-5-10-19(23)21(27)24-15-17(25-13-6-11-22-25)14-16-8-3-4-9-18(16)24/h3-4,6,8-9,11,13,17,19H,2,5,7,10,12,14-15H2,1H3. The number of anilines is 1. The van der Waals surface area contributed by atoms with Crippen LogP contribution in [0.3, 0.4) is 0 Å². The molecule has 3 heterocycles. The Morgan fingerprint density at radius 2 is 2.07 bits per heavy atom. The van der Waals surface area contributed by atoms with Crippen LogP contribution in [0.15, 0.2) is 42.7 Å². The van der Waals surface area contributed by atoms with Crippen LogP contribution in [-0.2, 0) is 16.0 Å². The van der Waals surface area contributed by atoms with Crippen molar-refractivity contribution in [2.24, 2.45) is 0 Å². The van der Waals surface area contributed by atoms with Gasteiger partial charge in [-0.15, -0.1) is 0 Å². The molecule has 1 aromatic carbocycles. The average molecular weight is 366 g/mol. The Morgan fingerprint density at radius 1 is 1.22 bits per heavy atom. The van der Waals surface area contributed by atoms with Gasteiger partial charge in [0.15, 0.2) is 0 Å². The van der Waals surface area contributed by atoms with Gasteiger partial charge in [-0.05, 0) is 43.4 Å². The molecule has 0 N–H and O–H groups in total. The summed E-state index contributed by atoms with van der Waals surface area (Å²) in [6, 6.07) is 9.77. The Hall–Kier alpha value is -2.63. The normalized spacial score (nSPS) is 22.0. The molecule has 2 unspecified atom stereocenters. The topological polar surface area (TPSA) is 58.4 Å². The van der Waals surface area contributed by atoms with Gasteiger partial charge >= 0.3 is 0 Å². The molecule has 142 valence electrons. The first kappa shape index (κ1) is 17.8. The lowest BCUT2D eigenvalue weighted by Crippen LogP contribution is -2.51. The van der Waals surface area contributed by atoms with Crippen LogP contribution < -0.4 is 4.90 Å². The molecule has 2 atom stereocenters. The third-order valence-electron chi connectivity index (χ3n) is 5.62. The second-order valence-electron chi connectivity index (χ2n) is 7.42. The Bertz CT molecular complexity index is 817. The van der Waals surface area contributed by atoms with Crippen LogP contribution in [0.1, 0.15) is 44.2 Å². The van der Waals surface area contributed by atoms with Crippen molar-refractivity contribution < 1.29 is 9.59 Å². The number of hydrogen-bond acceptors (Lipinski definition) is 3. The number of carbonyl (C=O) groups is 2. The highest BCUT2D eigenvalue weighted by atomic mass is 16.2. The molecule has 0 saturated carbocycles. The highest BCUT2D eigenvalue weighted by Crippen LogP contribution is 2.33. The number of aromatic nitrogens is 2. The molecule has 4 rings (SSSR count). The first-order chi connectivity index (χ1) is 13.2. The molecule has 1 fully saturated rings. The third kappa shape index (κ3) is 3.36. The van der Waals surface area contributed by atoms with E-state index in [1.807, 2.05) is 47.0 Å². The molecule has 27 heavy (non-hydrogen) atoms. The highest BCUT2D eigenvalue weighted by Gasteiger charge is 2.39. The maximum atomic E-state index is 13.5. The highest BCUT2D eigenvalue weighted by molar-refractivity contribution is 6.00. The second kappa shape index (κ2) is 7.55. The Labute approximate surface area is 159 Å². The predicted molar refractivity (Wildman–Crippen MR) is 103 cm³/mol. The van der Waals surface area contributed by atoms with E-state index in [0.29, 0.717) is 19.5 Å². The molecular weight excluding hydrogens is 340 g/mol. The lowest BCUT2D eigenvalue weighted by molar-refractivity contribution is -0.137. The largest absolute Gasteiger partial charge is 0.331 e. The molecule has 2 aromatic rings. The zero-order valence-corrected chi connectivity index (χ0v) is 15.8.